The van der Waals surface area contributed by atoms with Gasteiger partial charge in [-0.15, -0.1) is 0 Å². The van der Waals surface area contributed by atoms with Crippen LogP contribution in [0, 0.1) is 16.0 Å². The van der Waals surface area contributed by atoms with E-state index in [0.717, 1.165) is 6.54 Å². The molecule has 1 saturated carbocycles. The average Bonchev–Trinajstić information content (AvgIpc) is 3.09. The number of nitrogens with zero attached hydrogens (tertiary/aromatic N) is 2. The molecule has 0 aromatic carbocycles. The highest BCUT2D eigenvalue weighted by atomic mass is 16.6. The lowest BCUT2D eigenvalue weighted by atomic mass is 10.3. The third-order valence-corrected chi connectivity index (χ3v) is 2.55. The van der Waals surface area contributed by atoms with E-state index in [4.69, 9.17) is 0 Å². The van der Waals surface area contributed by atoms with E-state index in [1.54, 1.807) is 7.05 Å². The fourth-order valence-electron chi connectivity index (χ4n) is 1.41. The number of nitrogens with one attached hydrogen (secondary N) is 2. The number of hydrogen-bond donors (Lipinski definition) is 2. The molecule has 1 aromatic rings. The molecule has 1 aliphatic rings. The van der Waals surface area contributed by atoms with E-state index in [-0.39, 0.29) is 5.69 Å². The van der Waals surface area contributed by atoms with Gasteiger partial charge in [-0.05, 0) is 18.8 Å². The monoisotopic (exact) mass is 222 g/mol. The number of aromatic nitrogens is 1. The van der Waals surface area contributed by atoms with Gasteiger partial charge in [0.1, 0.15) is 11.6 Å². The Hall–Kier alpha value is -1.85. The Kier molecular flexibility index (Phi) is 2.89. The van der Waals surface area contributed by atoms with Crippen molar-refractivity contribution < 1.29 is 4.92 Å². The standard InChI is InChI=1S/C10H14N4O2/c1-11-9-4-8(14(15)16)5-10(13-9)12-6-7-2-3-7/h4-5,7H,2-3,6H2,1H3,(H2,11,12,13). The van der Waals surface area contributed by atoms with Crippen molar-refractivity contribution in [3.05, 3.63) is 22.2 Å². The zero-order chi connectivity index (χ0) is 11.5. The molecule has 0 amide bonds. The SMILES string of the molecule is CNc1cc([N+](=O)[O-])cc(NCC2CC2)n1. The molecular weight excluding hydrogens is 208 g/mol. The van der Waals surface area contributed by atoms with E-state index in [1.165, 1.54) is 25.0 Å². The van der Waals surface area contributed by atoms with Gasteiger partial charge in [0.2, 0.25) is 0 Å². The first kappa shape index (κ1) is 10.7. The lowest BCUT2D eigenvalue weighted by Gasteiger charge is -2.06. The molecule has 0 aliphatic heterocycles. The van der Waals surface area contributed by atoms with Crippen molar-refractivity contribution in [2.75, 3.05) is 24.2 Å². The van der Waals surface area contributed by atoms with Crippen LogP contribution in [0.5, 0.6) is 0 Å². The van der Waals surface area contributed by atoms with Gasteiger partial charge in [-0.25, -0.2) is 4.98 Å². The van der Waals surface area contributed by atoms with Crippen LogP contribution in [0.2, 0.25) is 0 Å². The molecule has 2 N–H and O–H groups in total. The molecule has 0 spiro atoms. The van der Waals surface area contributed by atoms with E-state index in [9.17, 15) is 10.1 Å². The lowest BCUT2D eigenvalue weighted by molar-refractivity contribution is -0.384. The van der Waals surface area contributed by atoms with Crippen molar-refractivity contribution in [3.8, 4) is 0 Å². The van der Waals surface area contributed by atoms with Crippen LogP contribution in [-0.2, 0) is 0 Å². The molecular formula is C10H14N4O2. The number of hydrogen-bond acceptors (Lipinski definition) is 5. The van der Waals surface area contributed by atoms with E-state index in [1.807, 2.05) is 0 Å². The van der Waals surface area contributed by atoms with Crippen LogP contribution in [0.1, 0.15) is 12.8 Å². The van der Waals surface area contributed by atoms with E-state index >= 15 is 0 Å². The number of pyridine rings is 1. The highest BCUT2D eigenvalue weighted by Gasteiger charge is 2.21. The molecule has 1 aliphatic carbocycles. The molecule has 86 valence electrons. The molecule has 0 radical (unpaired) electrons. The topological polar surface area (TPSA) is 80.1 Å². The van der Waals surface area contributed by atoms with Crippen molar-refractivity contribution in [2.45, 2.75) is 12.8 Å². The smallest absolute Gasteiger partial charge is 0.276 e. The minimum absolute atomic E-state index is 0.0534. The summed E-state index contributed by atoms with van der Waals surface area (Å²) >= 11 is 0. The Bertz CT molecular complexity index is 404. The summed E-state index contributed by atoms with van der Waals surface area (Å²) in [7, 11) is 1.69. The van der Waals surface area contributed by atoms with Gasteiger partial charge in [-0.2, -0.15) is 0 Å². The molecule has 6 heteroatoms. The van der Waals surface area contributed by atoms with E-state index in [0.29, 0.717) is 17.6 Å². The average molecular weight is 222 g/mol. The number of nitro groups is 1. The quantitative estimate of drug-likeness (QED) is 0.587. The van der Waals surface area contributed by atoms with Gasteiger partial charge in [0.25, 0.3) is 5.69 Å². The second-order valence-corrected chi connectivity index (χ2v) is 3.93. The number of rotatable bonds is 5. The van der Waals surface area contributed by atoms with Crippen molar-refractivity contribution in [3.63, 3.8) is 0 Å². The molecule has 1 aromatic heterocycles. The third-order valence-electron chi connectivity index (χ3n) is 2.55. The van der Waals surface area contributed by atoms with Crippen LogP contribution in [0.25, 0.3) is 0 Å². The largest absolute Gasteiger partial charge is 0.373 e. The van der Waals surface area contributed by atoms with Crippen LogP contribution in [-0.4, -0.2) is 23.5 Å². The summed E-state index contributed by atoms with van der Waals surface area (Å²) in [5.41, 5.74) is 0.0534. The van der Waals surface area contributed by atoms with Crippen molar-refractivity contribution in [2.24, 2.45) is 5.92 Å². The van der Waals surface area contributed by atoms with Crippen LogP contribution in [0.4, 0.5) is 17.3 Å². The minimum Gasteiger partial charge on any atom is -0.373 e. The second kappa shape index (κ2) is 4.34. The summed E-state index contributed by atoms with van der Waals surface area (Å²) in [4.78, 5) is 14.5. The third kappa shape index (κ3) is 2.59. The maximum absolute atomic E-state index is 10.7. The predicted molar refractivity (Wildman–Crippen MR) is 61.7 cm³/mol. The molecule has 0 bridgehead atoms. The van der Waals surface area contributed by atoms with Gasteiger partial charge < -0.3 is 10.6 Å². The molecule has 0 saturated heterocycles. The predicted octanol–water partition coefficient (Wildman–Crippen LogP) is 1.85. The first-order valence-corrected chi connectivity index (χ1v) is 5.27. The van der Waals surface area contributed by atoms with Crippen LogP contribution in [0.15, 0.2) is 12.1 Å². The molecule has 0 atom stereocenters. The lowest BCUT2D eigenvalue weighted by Crippen LogP contribution is -2.06. The Morgan fingerprint density at radius 3 is 2.75 bits per heavy atom. The molecule has 1 heterocycles. The minimum atomic E-state index is -0.412. The zero-order valence-electron chi connectivity index (χ0n) is 9.06. The van der Waals surface area contributed by atoms with Crippen LogP contribution in [0.3, 0.4) is 0 Å². The van der Waals surface area contributed by atoms with Gasteiger partial charge in [0, 0.05) is 13.6 Å². The van der Waals surface area contributed by atoms with E-state index < -0.39 is 4.92 Å². The van der Waals surface area contributed by atoms with Gasteiger partial charge in [-0.1, -0.05) is 0 Å². The normalized spacial score (nSPS) is 14.6. The second-order valence-electron chi connectivity index (χ2n) is 3.93. The molecule has 1 fully saturated rings. The van der Waals surface area contributed by atoms with Gasteiger partial charge in [0.15, 0.2) is 0 Å². The van der Waals surface area contributed by atoms with Crippen LogP contribution < -0.4 is 10.6 Å². The Balaban J connectivity index is 2.14. The maximum Gasteiger partial charge on any atom is 0.276 e. The Labute approximate surface area is 93.2 Å². The van der Waals surface area contributed by atoms with Crippen LogP contribution >= 0.6 is 0 Å². The summed E-state index contributed by atoms with van der Waals surface area (Å²) in [6, 6.07) is 2.88. The zero-order valence-corrected chi connectivity index (χ0v) is 9.06. The van der Waals surface area contributed by atoms with Gasteiger partial charge >= 0.3 is 0 Å². The summed E-state index contributed by atoms with van der Waals surface area (Å²) in [6.07, 6.45) is 2.47. The summed E-state index contributed by atoms with van der Waals surface area (Å²) in [5, 5.41) is 16.6. The molecule has 2 rings (SSSR count). The van der Waals surface area contributed by atoms with E-state index in [2.05, 4.69) is 15.6 Å². The van der Waals surface area contributed by atoms with Gasteiger partial charge in [0.05, 0.1) is 17.1 Å². The molecule has 0 unspecified atom stereocenters. The molecule has 16 heavy (non-hydrogen) atoms. The highest BCUT2D eigenvalue weighted by Crippen LogP contribution is 2.29. The Morgan fingerprint density at radius 1 is 1.50 bits per heavy atom. The fraction of sp³-hybridized carbons (Fsp3) is 0.500. The summed E-state index contributed by atoms with van der Waals surface area (Å²) in [5.74, 6) is 1.78. The van der Waals surface area contributed by atoms with Crippen molar-refractivity contribution in [1.82, 2.24) is 4.98 Å². The highest BCUT2D eigenvalue weighted by molar-refractivity contribution is 5.54. The first-order valence-electron chi connectivity index (χ1n) is 5.27. The first-order chi connectivity index (χ1) is 7.69. The number of anilines is 2. The fourth-order valence-corrected chi connectivity index (χ4v) is 1.41. The summed E-state index contributed by atoms with van der Waals surface area (Å²) < 4.78 is 0. The summed E-state index contributed by atoms with van der Waals surface area (Å²) in [6.45, 7) is 0.845. The van der Waals surface area contributed by atoms with Crippen molar-refractivity contribution >= 4 is 17.3 Å². The van der Waals surface area contributed by atoms with Gasteiger partial charge in [-0.3, -0.25) is 10.1 Å². The van der Waals surface area contributed by atoms with Crippen molar-refractivity contribution in [1.29, 1.82) is 0 Å². The maximum atomic E-state index is 10.7. The molecule has 6 nitrogen and oxygen atoms in total. The Morgan fingerprint density at radius 2 is 2.19 bits per heavy atom.